The summed E-state index contributed by atoms with van der Waals surface area (Å²) in [5.74, 6) is -0.308. The molecule has 1 aromatic rings. The molecule has 0 radical (unpaired) electrons. The molecule has 20 heavy (non-hydrogen) atoms. The highest BCUT2D eigenvalue weighted by atomic mass is 19.4. The molecule has 0 atom stereocenters. The Morgan fingerprint density at radius 3 is 2.50 bits per heavy atom. The molecule has 0 unspecified atom stereocenters. The molecule has 0 saturated heterocycles. The van der Waals surface area contributed by atoms with Crippen molar-refractivity contribution < 1.29 is 22.7 Å². The van der Waals surface area contributed by atoms with Gasteiger partial charge in [-0.2, -0.15) is 13.2 Å². The molecule has 1 saturated carbocycles. The van der Waals surface area contributed by atoms with Crippen molar-refractivity contribution in [1.29, 1.82) is 0 Å². The van der Waals surface area contributed by atoms with E-state index in [2.05, 4.69) is 0 Å². The van der Waals surface area contributed by atoms with Crippen molar-refractivity contribution in [3.8, 4) is 0 Å². The fourth-order valence-corrected chi connectivity index (χ4v) is 2.37. The van der Waals surface area contributed by atoms with Crippen LogP contribution in [-0.4, -0.2) is 12.6 Å². The van der Waals surface area contributed by atoms with Gasteiger partial charge in [0.05, 0.1) is 17.7 Å². The second kappa shape index (κ2) is 5.73. The zero-order chi connectivity index (χ0) is 14.8. The average Bonchev–Trinajstić information content (AvgIpc) is 2.87. The standard InChI is InChI=1S/C14H16F3NO2/c15-14(16,17)10-5-6-11(12(18)7-10)13(19)20-8-9-3-1-2-4-9/h5-7,9H,1-4,8,18H2. The summed E-state index contributed by atoms with van der Waals surface area (Å²) in [6, 6.07) is 2.66. The highest BCUT2D eigenvalue weighted by molar-refractivity contribution is 5.95. The van der Waals surface area contributed by atoms with E-state index in [9.17, 15) is 18.0 Å². The summed E-state index contributed by atoms with van der Waals surface area (Å²) in [6.07, 6.45) is -0.165. The molecule has 0 amide bonds. The average molecular weight is 287 g/mol. The van der Waals surface area contributed by atoms with Gasteiger partial charge in [0.15, 0.2) is 0 Å². The lowest BCUT2D eigenvalue weighted by molar-refractivity contribution is -0.137. The van der Waals surface area contributed by atoms with Crippen LogP contribution in [0.3, 0.4) is 0 Å². The van der Waals surface area contributed by atoms with E-state index in [4.69, 9.17) is 10.5 Å². The molecule has 0 aliphatic heterocycles. The van der Waals surface area contributed by atoms with Crippen LogP contribution in [0.1, 0.15) is 41.6 Å². The summed E-state index contributed by atoms with van der Waals surface area (Å²) < 4.78 is 42.6. The summed E-state index contributed by atoms with van der Waals surface area (Å²) in [4.78, 5) is 11.8. The largest absolute Gasteiger partial charge is 0.462 e. The molecule has 1 aromatic carbocycles. The number of rotatable bonds is 3. The molecule has 2 N–H and O–H groups in total. The number of anilines is 1. The fourth-order valence-electron chi connectivity index (χ4n) is 2.37. The third-order valence-electron chi connectivity index (χ3n) is 3.52. The number of esters is 1. The molecule has 1 fully saturated rings. The topological polar surface area (TPSA) is 52.3 Å². The third kappa shape index (κ3) is 3.43. The van der Waals surface area contributed by atoms with Crippen molar-refractivity contribution in [3.05, 3.63) is 29.3 Å². The van der Waals surface area contributed by atoms with E-state index in [0.717, 1.165) is 43.9 Å². The van der Waals surface area contributed by atoms with Crippen molar-refractivity contribution in [2.75, 3.05) is 12.3 Å². The van der Waals surface area contributed by atoms with Crippen LogP contribution in [0.2, 0.25) is 0 Å². The van der Waals surface area contributed by atoms with Gasteiger partial charge in [0.1, 0.15) is 0 Å². The lowest BCUT2D eigenvalue weighted by Crippen LogP contribution is -2.14. The van der Waals surface area contributed by atoms with Crippen molar-refractivity contribution in [2.45, 2.75) is 31.9 Å². The molecule has 1 aliphatic carbocycles. The lowest BCUT2D eigenvalue weighted by atomic mass is 10.1. The number of carbonyl (C=O) groups is 1. The number of hydrogen-bond acceptors (Lipinski definition) is 3. The number of hydrogen-bond donors (Lipinski definition) is 1. The maximum atomic E-state index is 12.5. The molecular formula is C14H16F3NO2. The highest BCUT2D eigenvalue weighted by Crippen LogP contribution is 2.31. The lowest BCUT2D eigenvalue weighted by Gasteiger charge is -2.12. The summed E-state index contributed by atoms with van der Waals surface area (Å²) in [5.41, 5.74) is 4.40. The van der Waals surface area contributed by atoms with E-state index in [1.165, 1.54) is 0 Å². The summed E-state index contributed by atoms with van der Waals surface area (Å²) in [5, 5.41) is 0. The number of ether oxygens (including phenoxy) is 1. The number of benzene rings is 1. The SMILES string of the molecule is Nc1cc(C(F)(F)F)ccc1C(=O)OCC1CCCC1. The van der Waals surface area contributed by atoms with Gasteiger partial charge in [-0.3, -0.25) is 0 Å². The minimum Gasteiger partial charge on any atom is -0.462 e. The number of alkyl halides is 3. The quantitative estimate of drug-likeness (QED) is 0.682. The maximum absolute atomic E-state index is 12.5. The second-order valence-corrected chi connectivity index (χ2v) is 5.05. The van der Waals surface area contributed by atoms with Crippen molar-refractivity contribution in [1.82, 2.24) is 0 Å². The number of nitrogen functional groups attached to an aromatic ring is 1. The van der Waals surface area contributed by atoms with E-state index >= 15 is 0 Å². The highest BCUT2D eigenvalue weighted by Gasteiger charge is 2.31. The van der Waals surface area contributed by atoms with Crippen LogP contribution >= 0.6 is 0 Å². The van der Waals surface area contributed by atoms with Crippen LogP contribution in [-0.2, 0) is 10.9 Å². The van der Waals surface area contributed by atoms with Gasteiger partial charge in [-0.15, -0.1) is 0 Å². The number of halogens is 3. The van der Waals surface area contributed by atoms with E-state index in [-0.39, 0.29) is 11.3 Å². The molecule has 3 nitrogen and oxygen atoms in total. The van der Waals surface area contributed by atoms with Gasteiger partial charge in [-0.25, -0.2) is 4.79 Å². The Balaban J connectivity index is 2.02. The zero-order valence-electron chi connectivity index (χ0n) is 10.9. The Labute approximate surface area is 114 Å². The molecule has 1 aliphatic rings. The van der Waals surface area contributed by atoms with Gasteiger partial charge >= 0.3 is 12.1 Å². The van der Waals surface area contributed by atoms with Gasteiger partial charge in [0.2, 0.25) is 0 Å². The van der Waals surface area contributed by atoms with Gasteiger partial charge in [0.25, 0.3) is 0 Å². The molecule has 2 rings (SSSR count). The Morgan fingerprint density at radius 2 is 1.95 bits per heavy atom. The Bertz CT molecular complexity index is 494. The van der Waals surface area contributed by atoms with Gasteiger partial charge in [-0.05, 0) is 37.0 Å². The van der Waals surface area contributed by atoms with Gasteiger partial charge < -0.3 is 10.5 Å². The molecule has 110 valence electrons. The fraction of sp³-hybridized carbons (Fsp3) is 0.500. The van der Waals surface area contributed by atoms with E-state index < -0.39 is 17.7 Å². The predicted octanol–water partition coefficient (Wildman–Crippen LogP) is 3.63. The van der Waals surface area contributed by atoms with Crippen molar-refractivity contribution >= 4 is 11.7 Å². The number of nitrogens with two attached hydrogens (primary N) is 1. The summed E-state index contributed by atoms with van der Waals surface area (Å²) in [7, 11) is 0. The first kappa shape index (κ1) is 14.7. The summed E-state index contributed by atoms with van der Waals surface area (Å²) in [6.45, 7) is 0.305. The van der Waals surface area contributed by atoms with Gasteiger partial charge in [-0.1, -0.05) is 12.8 Å². The first-order valence-electron chi connectivity index (χ1n) is 6.52. The van der Waals surface area contributed by atoms with E-state index in [1.807, 2.05) is 0 Å². The Hall–Kier alpha value is -1.72. The van der Waals surface area contributed by atoms with E-state index in [0.29, 0.717) is 12.5 Å². The van der Waals surface area contributed by atoms with Crippen LogP contribution < -0.4 is 5.73 Å². The first-order chi connectivity index (χ1) is 9.38. The molecule has 0 spiro atoms. The summed E-state index contributed by atoms with van der Waals surface area (Å²) >= 11 is 0. The minimum absolute atomic E-state index is 0.0176. The smallest absolute Gasteiger partial charge is 0.416 e. The van der Waals surface area contributed by atoms with Crippen LogP contribution in [0.4, 0.5) is 18.9 Å². The zero-order valence-corrected chi connectivity index (χ0v) is 10.9. The van der Waals surface area contributed by atoms with Crippen LogP contribution in [0.25, 0.3) is 0 Å². The predicted molar refractivity (Wildman–Crippen MR) is 68.1 cm³/mol. The molecular weight excluding hydrogens is 271 g/mol. The second-order valence-electron chi connectivity index (χ2n) is 5.05. The van der Waals surface area contributed by atoms with E-state index in [1.54, 1.807) is 0 Å². The van der Waals surface area contributed by atoms with Crippen LogP contribution in [0.15, 0.2) is 18.2 Å². The Morgan fingerprint density at radius 1 is 1.30 bits per heavy atom. The van der Waals surface area contributed by atoms with Gasteiger partial charge in [0, 0.05) is 5.69 Å². The molecule has 0 heterocycles. The first-order valence-corrected chi connectivity index (χ1v) is 6.52. The molecule has 6 heteroatoms. The van der Waals surface area contributed by atoms with Crippen molar-refractivity contribution in [2.24, 2.45) is 5.92 Å². The minimum atomic E-state index is -4.47. The maximum Gasteiger partial charge on any atom is 0.416 e. The molecule has 0 aromatic heterocycles. The monoisotopic (exact) mass is 287 g/mol. The normalized spacial score (nSPS) is 16.4. The van der Waals surface area contributed by atoms with Crippen LogP contribution in [0.5, 0.6) is 0 Å². The third-order valence-corrected chi connectivity index (χ3v) is 3.52. The Kier molecular flexibility index (Phi) is 4.20. The number of carbonyl (C=O) groups excluding carboxylic acids is 1. The van der Waals surface area contributed by atoms with Crippen molar-refractivity contribution in [3.63, 3.8) is 0 Å². The molecule has 0 bridgehead atoms. The van der Waals surface area contributed by atoms with Crippen LogP contribution in [0, 0.1) is 5.92 Å².